The first-order valence-electron chi connectivity index (χ1n) is 9.59. The molecule has 3 aromatic rings. The topological polar surface area (TPSA) is 79.2 Å². The van der Waals surface area contributed by atoms with Gasteiger partial charge in [-0.3, -0.25) is 9.59 Å². The van der Waals surface area contributed by atoms with E-state index in [4.69, 9.17) is 4.74 Å². The third-order valence-corrected chi connectivity index (χ3v) is 5.47. The van der Waals surface area contributed by atoms with Gasteiger partial charge in [-0.05, 0) is 36.4 Å². The Morgan fingerprint density at radius 2 is 1.66 bits per heavy atom. The van der Waals surface area contributed by atoms with Gasteiger partial charge in [-0.25, -0.2) is 4.39 Å². The van der Waals surface area contributed by atoms with E-state index in [0.29, 0.717) is 17.0 Å². The van der Waals surface area contributed by atoms with Gasteiger partial charge >= 0.3 is 0 Å². The molecule has 3 rings (SSSR count). The van der Waals surface area contributed by atoms with Crippen LogP contribution in [0, 0.1) is 17.1 Å². The zero-order chi connectivity index (χ0) is 22.9. The summed E-state index contributed by atoms with van der Waals surface area (Å²) < 4.78 is 19.1. The van der Waals surface area contributed by atoms with Crippen molar-refractivity contribution in [2.45, 2.75) is 0 Å². The molecule has 0 fully saturated rings. The van der Waals surface area contributed by atoms with Crippen LogP contribution in [0.5, 0.6) is 5.75 Å². The maximum absolute atomic E-state index is 14.0. The van der Waals surface area contributed by atoms with Gasteiger partial charge in [0, 0.05) is 11.3 Å². The number of nitrogens with zero attached hydrogens (tertiary/aromatic N) is 1. The van der Waals surface area contributed by atoms with Crippen molar-refractivity contribution >= 4 is 29.0 Å². The van der Waals surface area contributed by atoms with E-state index in [1.54, 1.807) is 67.8 Å². The van der Waals surface area contributed by atoms with Crippen LogP contribution in [0.4, 0.5) is 10.1 Å². The standard InChI is InChI=1S/C25H19FN2O3S/c1-31-19-13-11-18(12-14-19)28-25(21(15-27)24(30)17-7-3-2-4-8-17)32-16-23(29)20-9-5-6-10-22(20)26/h2-14,28H,16H2,1H3/b25-21+. The molecule has 0 aliphatic rings. The minimum atomic E-state index is -0.618. The SMILES string of the molecule is COc1ccc(N/C(SCC(=O)c2ccccc2F)=C(/C#N)C(=O)c2ccccc2)cc1. The van der Waals surface area contributed by atoms with Gasteiger partial charge in [-0.1, -0.05) is 54.2 Å². The van der Waals surface area contributed by atoms with Gasteiger partial charge in [0.25, 0.3) is 0 Å². The molecule has 0 heterocycles. The van der Waals surface area contributed by atoms with E-state index in [0.717, 1.165) is 11.8 Å². The second-order valence-corrected chi connectivity index (χ2v) is 7.54. The lowest BCUT2D eigenvalue weighted by atomic mass is 10.1. The van der Waals surface area contributed by atoms with Crippen LogP contribution in [0.25, 0.3) is 0 Å². The van der Waals surface area contributed by atoms with Gasteiger partial charge in [0.1, 0.15) is 23.2 Å². The smallest absolute Gasteiger partial charge is 0.206 e. The van der Waals surface area contributed by atoms with Crippen LogP contribution in [-0.2, 0) is 0 Å². The third kappa shape index (κ3) is 5.62. The van der Waals surface area contributed by atoms with Crippen molar-refractivity contribution in [1.82, 2.24) is 0 Å². The lowest BCUT2D eigenvalue weighted by Crippen LogP contribution is -2.12. The van der Waals surface area contributed by atoms with E-state index >= 15 is 0 Å². The first-order chi connectivity index (χ1) is 15.5. The molecule has 3 aromatic carbocycles. The molecule has 0 saturated heterocycles. The number of anilines is 1. The van der Waals surface area contributed by atoms with Gasteiger partial charge in [0.15, 0.2) is 5.78 Å². The highest BCUT2D eigenvalue weighted by Gasteiger charge is 2.20. The van der Waals surface area contributed by atoms with E-state index in [9.17, 15) is 19.2 Å². The number of halogens is 1. The summed E-state index contributed by atoms with van der Waals surface area (Å²) in [6.07, 6.45) is 0. The van der Waals surface area contributed by atoms with Crippen molar-refractivity contribution in [2.75, 3.05) is 18.2 Å². The van der Waals surface area contributed by atoms with Gasteiger partial charge in [-0.15, -0.1) is 0 Å². The van der Waals surface area contributed by atoms with Crippen LogP contribution in [0.2, 0.25) is 0 Å². The fraction of sp³-hybridized carbons (Fsp3) is 0.0800. The number of Topliss-reactive ketones (excluding diaryl/α,β-unsaturated/α-hetero) is 2. The number of ether oxygens (including phenoxy) is 1. The summed E-state index contributed by atoms with van der Waals surface area (Å²) in [5.74, 6) is -1.06. The van der Waals surface area contributed by atoms with E-state index in [2.05, 4.69) is 5.32 Å². The number of benzene rings is 3. The van der Waals surface area contributed by atoms with Gasteiger partial charge in [-0.2, -0.15) is 5.26 Å². The fourth-order valence-electron chi connectivity index (χ4n) is 2.82. The Morgan fingerprint density at radius 1 is 1.00 bits per heavy atom. The molecule has 32 heavy (non-hydrogen) atoms. The molecule has 0 atom stereocenters. The number of methoxy groups -OCH3 is 1. The Kier molecular flexibility index (Phi) is 7.79. The van der Waals surface area contributed by atoms with Crippen LogP contribution in [0.1, 0.15) is 20.7 Å². The zero-order valence-corrected chi connectivity index (χ0v) is 18.0. The number of nitrogens with one attached hydrogen (secondary N) is 1. The van der Waals surface area contributed by atoms with Gasteiger partial charge in [0.2, 0.25) is 5.78 Å². The summed E-state index contributed by atoms with van der Waals surface area (Å²) >= 11 is 0.971. The number of thioether (sulfide) groups is 1. The average Bonchev–Trinajstić information content (AvgIpc) is 2.83. The molecule has 0 aromatic heterocycles. The lowest BCUT2D eigenvalue weighted by molar-refractivity contribution is 0.101. The molecule has 0 unspecified atom stereocenters. The van der Waals surface area contributed by atoms with E-state index < -0.39 is 17.4 Å². The Balaban J connectivity index is 1.93. The summed E-state index contributed by atoms with van der Waals surface area (Å²) in [6, 6.07) is 22.9. The molecule has 1 N–H and O–H groups in total. The summed E-state index contributed by atoms with van der Waals surface area (Å²) in [4.78, 5) is 25.5. The molecule has 0 amide bonds. The maximum Gasteiger partial charge on any atom is 0.206 e. The molecule has 5 nitrogen and oxygen atoms in total. The van der Waals surface area contributed by atoms with Crippen molar-refractivity contribution < 1.29 is 18.7 Å². The number of rotatable bonds is 9. The third-order valence-electron chi connectivity index (χ3n) is 4.47. The minimum Gasteiger partial charge on any atom is -0.497 e. The number of carbonyl (C=O) groups excluding carboxylic acids is 2. The molecule has 0 saturated carbocycles. The Labute approximate surface area is 189 Å². The first-order valence-corrected chi connectivity index (χ1v) is 10.6. The number of ketones is 2. The fourth-order valence-corrected chi connectivity index (χ4v) is 3.72. The Morgan fingerprint density at radius 3 is 2.28 bits per heavy atom. The van der Waals surface area contributed by atoms with Gasteiger partial charge < -0.3 is 10.1 Å². The van der Waals surface area contributed by atoms with Crippen LogP contribution in [0.15, 0.2) is 89.5 Å². The van der Waals surface area contributed by atoms with Gasteiger partial charge in [0.05, 0.1) is 23.5 Å². The zero-order valence-electron chi connectivity index (χ0n) is 17.2. The summed E-state index contributed by atoms with van der Waals surface area (Å²) in [6.45, 7) is 0. The molecule has 0 aliphatic carbocycles. The van der Waals surface area contributed by atoms with Crippen LogP contribution >= 0.6 is 11.8 Å². The van der Waals surface area contributed by atoms with Crippen LogP contribution < -0.4 is 10.1 Å². The van der Waals surface area contributed by atoms with Crippen molar-refractivity contribution in [2.24, 2.45) is 0 Å². The summed E-state index contributed by atoms with van der Waals surface area (Å²) in [5.41, 5.74) is 0.759. The Bertz CT molecular complexity index is 1190. The van der Waals surface area contributed by atoms with Crippen molar-refractivity contribution in [3.05, 3.63) is 106 Å². The maximum atomic E-state index is 14.0. The van der Waals surface area contributed by atoms with Crippen molar-refractivity contribution in [3.63, 3.8) is 0 Å². The molecule has 0 bridgehead atoms. The second-order valence-electron chi connectivity index (χ2n) is 6.56. The van der Waals surface area contributed by atoms with E-state index in [1.807, 2.05) is 6.07 Å². The largest absolute Gasteiger partial charge is 0.497 e. The summed E-state index contributed by atoms with van der Waals surface area (Å²) in [5, 5.41) is 13.0. The van der Waals surface area contributed by atoms with Crippen molar-refractivity contribution in [3.8, 4) is 11.8 Å². The Hall–Kier alpha value is -3.89. The number of carbonyl (C=O) groups is 2. The van der Waals surface area contributed by atoms with E-state index in [-0.39, 0.29) is 21.9 Å². The molecule has 7 heteroatoms. The normalized spacial score (nSPS) is 11.2. The van der Waals surface area contributed by atoms with Crippen LogP contribution in [-0.4, -0.2) is 24.4 Å². The molecule has 0 radical (unpaired) electrons. The predicted octanol–water partition coefficient (Wildman–Crippen LogP) is 5.48. The molecule has 160 valence electrons. The average molecular weight is 447 g/mol. The lowest BCUT2D eigenvalue weighted by Gasteiger charge is -2.13. The highest BCUT2D eigenvalue weighted by molar-refractivity contribution is 8.03. The highest BCUT2D eigenvalue weighted by Crippen LogP contribution is 2.27. The molecule has 0 spiro atoms. The second kappa shape index (κ2) is 10.9. The molecular weight excluding hydrogens is 427 g/mol. The number of allylic oxidation sites excluding steroid dienone is 1. The predicted molar refractivity (Wildman–Crippen MR) is 123 cm³/mol. The molecular formula is C25H19FN2O3S. The first kappa shape index (κ1) is 22.8. The van der Waals surface area contributed by atoms with E-state index in [1.165, 1.54) is 18.2 Å². The van der Waals surface area contributed by atoms with Crippen molar-refractivity contribution in [1.29, 1.82) is 5.26 Å². The quantitative estimate of drug-likeness (QED) is 0.266. The highest BCUT2D eigenvalue weighted by atomic mass is 32.2. The number of hydrogen-bond donors (Lipinski definition) is 1. The van der Waals surface area contributed by atoms with Crippen LogP contribution in [0.3, 0.4) is 0 Å². The monoisotopic (exact) mass is 446 g/mol. The minimum absolute atomic E-state index is 0.0447. The molecule has 0 aliphatic heterocycles. The summed E-state index contributed by atoms with van der Waals surface area (Å²) in [7, 11) is 1.55. The number of nitriles is 1. The number of hydrogen-bond acceptors (Lipinski definition) is 6.